The summed E-state index contributed by atoms with van der Waals surface area (Å²) < 4.78 is 0. The fourth-order valence-corrected chi connectivity index (χ4v) is 4.67. The van der Waals surface area contributed by atoms with E-state index in [0.29, 0.717) is 11.8 Å². The molecule has 2 aromatic heterocycles. The van der Waals surface area contributed by atoms with Crippen LogP contribution in [0.25, 0.3) is 10.6 Å². The van der Waals surface area contributed by atoms with Gasteiger partial charge in [-0.25, -0.2) is 9.97 Å². The molecule has 0 bridgehead atoms. The van der Waals surface area contributed by atoms with E-state index >= 15 is 0 Å². The second-order valence-corrected chi connectivity index (χ2v) is 8.99. The SMILES string of the molecule is Cc1nc(C)c(-c2csc(Nc3c(C(C)C)cccc3C(C)C)n2)s1. The van der Waals surface area contributed by atoms with Crippen molar-refractivity contribution >= 4 is 33.5 Å². The zero-order valence-corrected chi connectivity index (χ0v) is 17.3. The van der Waals surface area contributed by atoms with Crippen molar-refractivity contribution < 1.29 is 0 Å². The molecular formula is C20H25N3S2. The Labute approximate surface area is 158 Å². The van der Waals surface area contributed by atoms with Crippen molar-refractivity contribution in [3.05, 3.63) is 45.4 Å². The van der Waals surface area contributed by atoms with E-state index in [0.717, 1.165) is 21.5 Å². The summed E-state index contributed by atoms with van der Waals surface area (Å²) >= 11 is 3.36. The summed E-state index contributed by atoms with van der Waals surface area (Å²) in [7, 11) is 0. The molecule has 0 amide bonds. The highest BCUT2D eigenvalue weighted by Crippen LogP contribution is 2.37. The zero-order chi connectivity index (χ0) is 18.1. The number of para-hydroxylation sites is 1. The van der Waals surface area contributed by atoms with Crippen LogP contribution in [0.4, 0.5) is 10.8 Å². The molecule has 0 aliphatic heterocycles. The number of nitrogens with zero attached hydrogens (tertiary/aromatic N) is 2. The van der Waals surface area contributed by atoms with Gasteiger partial charge in [0.2, 0.25) is 0 Å². The highest BCUT2D eigenvalue weighted by Gasteiger charge is 2.16. The molecule has 0 aliphatic rings. The molecular weight excluding hydrogens is 346 g/mol. The maximum absolute atomic E-state index is 4.83. The van der Waals surface area contributed by atoms with Crippen LogP contribution in [-0.4, -0.2) is 9.97 Å². The molecule has 0 fully saturated rings. The van der Waals surface area contributed by atoms with Crippen molar-refractivity contribution in [1.82, 2.24) is 9.97 Å². The number of aromatic nitrogens is 2. The Morgan fingerprint density at radius 3 is 2.12 bits per heavy atom. The summed E-state index contributed by atoms with van der Waals surface area (Å²) in [6.07, 6.45) is 0. The van der Waals surface area contributed by atoms with Gasteiger partial charge < -0.3 is 5.32 Å². The van der Waals surface area contributed by atoms with Crippen molar-refractivity contribution in [2.45, 2.75) is 53.4 Å². The highest BCUT2D eigenvalue weighted by molar-refractivity contribution is 7.16. The molecule has 0 spiro atoms. The van der Waals surface area contributed by atoms with E-state index in [9.17, 15) is 0 Å². The van der Waals surface area contributed by atoms with Gasteiger partial charge in [0, 0.05) is 11.1 Å². The second kappa shape index (κ2) is 7.26. The second-order valence-electron chi connectivity index (χ2n) is 6.93. The molecule has 3 aromatic rings. The van der Waals surface area contributed by atoms with E-state index in [2.05, 4.69) is 68.5 Å². The Morgan fingerprint density at radius 2 is 1.60 bits per heavy atom. The largest absolute Gasteiger partial charge is 0.331 e. The Morgan fingerprint density at radius 1 is 0.960 bits per heavy atom. The number of hydrogen-bond acceptors (Lipinski definition) is 5. The fourth-order valence-electron chi connectivity index (χ4n) is 3.01. The minimum Gasteiger partial charge on any atom is -0.331 e. The van der Waals surface area contributed by atoms with Crippen molar-refractivity contribution in [2.75, 3.05) is 5.32 Å². The summed E-state index contributed by atoms with van der Waals surface area (Å²) in [4.78, 5) is 10.5. The van der Waals surface area contributed by atoms with Crippen molar-refractivity contribution in [3.8, 4) is 10.6 Å². The predicted octanol–water partition coefficient (Wildman–Crippen LogP) is 6.87. The monoisotopic (exact) mass is 371 g/mol. The number of nitrogens with one attached hydrogen (secondary N) is 1. The van der Waals surface area contributed by atoms with E-state index in [4.69, 9.17) is 4.98 Å². The van der Waals surface area contributed by atoms with Gasteiger partial charge >= 0.3 is 0 Å². The van der Waals surface area contributed by atoms with Crippen molar-refractivity contribution in [2.24, 2.45) is 0 Å². The van der Waals surface area contributed by atoms with E-state index in [1.807, 2.05) is 6.92 Å². The van der Waals surface area contributed by atoms with Gasteiger partial charge in [0.15, 0.2) is 5.13 Å². The molecule has 0 aliphatic carbocycles. The van der Waals surface area contributed by atoms with E-state index in [1.54, 1.807) is 22.7 Å². The van der Waals surface area contributed by atoms with Crippen molar-refractivity contribution in [1.29, 1.82) is 0 Å². The topological polar surface area (TPSA) is 37.8 Å². The van der Waals surface area contributed by atoms with Gasteiger partial charge in [-0.05, 0) is 36.8 Å². The van der Waals surface area contributed by atoms with Crippen LogP contribution < -0.4 is 5.32 Å². The molecule has 132 valence electrons. The minimum absolute atomic E-state index is 0.465. The molecule has 0 radical (unpaired) electrons. The van der Waals surface area contributed by atoms with Crippen LogP contribution in [0.2, 0.25) is 0 Å². The first-order valence-corrected chi connectivity index (χ1v) is 10.4. The van der Waals surface area contributed by atoms with E-state index in [-0.39, 0.29) is 0 Å². The average molecular weight is 372 g/mol. The van der Waals surface area contributed by atoms with E-state index in [1.165, 1.54) is 21.7 Å². The third-order valence-corrected chi connectivity index (χ3v) is 6.10. The molecule has 1 N–H and O–H groups in total. The third kappa shape index (κ3) is 3.77. The zero-order valence-electron chi connectivity index (χ0n) is 15.7. The summed E-state index contributed by atoms with van der Waals surface area (Å²) in [6, 6.07) is 6.58. The van der Waals surface area contributed by atoms with Crippen LogP contribution in [0.15, 0.2) is 23.6 Å². The number of anilines is 2. The Kier molecular flexibility index (Phi) is 5.25. The van der Waals surface area contributed by atoms with Gasteiger partial charge in [-0.3, -0.25) is 0 Å². The van der Waals surface area contributed by atoms with Crippen LogP contribution in [0, 0.1) is 13.8 Å². The number of benzene rings is 1. The van der Waals surface area contributed by atoms with Gasteiger partial charge in [0.05, 0.1) is 21.3 Å². The lowest BCUT2D eigenvalue weighted by atomic mass is 9.93. The molecule has 0 saturated heterocycles. The molecule has 1 aromatic carbocycles. The molecule has 3 rings (SSSR count). The lowest BCUT2D eigenvalue weighted by Crippen LogP contribution is -2.03. The van der Waals surface area contributed by atoms with Crippen LogP contribution in [0.5, 0.6) is 0 Å². The first-order valence-electron chi connectivity index (χ1n) is 8.66. The lowest BCUT2D eigenvalue weighted by Gasteiger charge is -2.19. The van der Waals surface area contributed by atoms with Crippen LogP contribution >= 0.6 is 22.7 Å². The Hall–Kier alpha value is -1.72. The van der Waals surface area contributed by atoms with Crippen LogP contribution in [-0.2, 0) is 0 Å². The van der Waals surface area contributed by atoms with Crippen LogP contribution in [0.1, 0.15) is 61.4 Å². The minimum atomic E-state index is 0.465. The summed E-state index contributed by atoms with van der Waals surface area (Å²) in [5.74, 6) is 0.930. The maximum atomic E-state index is 4.83. The van der Waals surface area contributed by atoms with Crippen LogP contribution in [0.3, 0.4) is 0 Å². The first kappa shape index (κ1) is 18.1. The smallest absolute Gasteiger partial charge is 0.187 e. The molecule has 0 atom stereocenters. The molecule has 5 heteroatoms. The molecule has 2 heterocycles. The summed E-state index contributed by atoms with van der Waals surface area (Å²) in [6.45, 7) is 13.0. The molecule has 3 nitrogen and oxygen atoms in total. The lowest BCUT2D eigenvalue weighted by molar-refractivity contribution is 0.838. The number of rotatable bonds is 5. The van der Waals surface area contributed by atoms with Gasteiger partial charge in [-0.1, -0.05) is 45.9 Å². The van der Waals surface area contributed by atoms with Gasteiger partial charge in [0.1, 0.15) is 0 Å². The summed E-state index contributed by atoms with van der Waals surface area (Å²) in [5, 5.41) is 7.76. The van der Waals surface area contributed by atoms with Gasteiger partial charge in [-0.15, -0.1) is 22.7 Å². The number of hydrogen-bond donors (Lipinski definition) is 1. The van der Waals surface area contributed by atoms with Crippen molar-refractivity contribution in [3.63, 3.8) is 0 Å². The summed E-state index contributed by atoms with van der Waals surface area (Å²) in [5.41, 5.74) is 5.97. The van der Waals surface area contributed by atoms with E-state index < -0.39 is 0 Å². The van der Waals surface area contributed by atoms with Gasteiger partial charge in [0.25, 0.3) is 0 Å². The Balaban J connectivity index is 1.97. The number of aryl methyl sites for hydroxylation is 2. The van der Waals surface area contributed by atoms with Gasteiger partial charge in [-0.2, -0.15) is 0 Å². The normalized spacial score (nSPS) is 11.5. The standard InChI is InChI=1S/C20H25N3S2/c1-11(2)15-8-7-9-16(12(3)4)18(15)23-20-22-17(10-24-20)19-13(5)21-14(6)25-19/h7-12H,1-6H3,(H,22,23). The molecule has 25 heavy (non-hydrogen) atoms. The fraction of sp³-hybridized carbons (Fsp3) is 0.400. The third-order valence-electron chi connectivity index (χ3n) is 4.25. The quantitative estimate of drug-likeness (QED) is 0.531. The predicted molar refractivity (Wildman–Crippen MR) is 111 cm³/mol. The maximum Gasteiger partial charge on any atom is 0.187 e. The molecule has 0 unspecified atom stereocenters. The highest BCUT2D eigenvalue weighted by atomic mass is 32.1. The number of thiazole rings is 2. The molecule has 0 saturated carbocycles. The first-order chi connectivity index (χ1) is 11.9. The average Bonchev–Trinajstić information content (AvgIpc) is 3.13. The Bertz CT molecular complexity index is 849.